The lowest BCUT2D eigenvalue weighted by Gasteiger charge is -2.07. The van der Waals surface area contributed by atoms with E-state index in [-0.39, 0.29) is 11.5 Å². The molecule has 0 radical (unpaired) electrons. The molecule has 104 valence electrons. The third kappa shape index (κ3) is 5.98. The Labute approximate surface area is 122 Å². The second kappa shape index (κ2) is 7.40. The van der Waals surface area contributed by atoms with Crippen LogP contribution in [0.3, 0.4) is 0 Å². The SMILES string of the molecule is CC(CS(=O)CC(=O)Nc1ccc(Br)cc1)C(=O)O. The average Bonchev–Trinajstić information content (AvgIpc) is 2.31. The maximum absolute atomic E-state index is 11.6. The Morgan fingerprint density at radius 2 is 1.95 bits per heavy atom. The highest BCUT2D eigenvalue weighted by atomic mass is 79.9. The van der Waals surface area contributed by atoms with Crippen LogP contribution < -0.4 is 5.32 Å². The number of carbonyl (C=O) groups excluding carboxylic acids is 1. The fraction of sp³-hybridized carbons (Fsp3) is 0.333. The number of anilines is 1. The first-order chi connectivity index (χ1) is 8.88. The lowest BCUT2D eigenvalue weighted by atomic mass is 10.2. The van der Waals surface area contributed by atoms with Crippen molar-refractivity contribution in [3.05, 3.63) is 28.7 Å². The van der Waals surface area contributed by atoms with Gasteiger partial charge in [0.25, 0.3) is 0 Å². The lowest BCUT2D eigenvalue weighted by Crippen LogP contribution is -2.25. The number of halogens is 1. The van der Waals surface area contributed by atoms with Gasteiger partial charge in [-0.1, -0.05) is 22.9 Å². The van der Waals surface area contributed by atoms with Gasteiger partial charge in [-0.3, -0.25) is 13.8 Å². The van der Waals surface area contributed by atoms with E-state index in [2.05, 4.69) is 21.2 Å². The summed E-state index contributed by atoms with van der Waals surface area (Å²) >= 11 is 3.28. The molecular weight excluding hydrogens is 334 g/mol. The summed E-state index contributed by atoms with van der Waals surface area (Å²) < 4.78 is 12.5. The average molecular weight is 348 g/mol. The smallest absolute Gasteiger partial charge is 0.307 e. The van der Waals surface area contributed by atoms with Gasteiger partial charge >= 0.3 is 5.97 Å². The van der Waals surface area contributed by atoms with E-state index in [4.69, 9.17) is 5.11 Å². The van der Waals surface area contributed by atoms with E-state index in [9.17, 15) is 13.8 Å². The number of benzene rings is 1. The van der Waals surface area contributed by atoms with Gasteiger partial charge in [-0.2, -0.15) is 0 Å². The van der Waals surface area contributed by atoms with Gasteiger partial charge in [0, 0.05) is 26.7 Å². The molecule has 2 N–H and O–H groups in total. The number of rotatable bonds is 6. The zero-order valence-corrected chi connectivity index (χ0v) is 12.7. The normalized spacial score (nSPS) is 13.6. The van der Waals surface area contributed by atoms with Crippen molar-refractivity contribution in [1.82, 2.24) is 0 Å². The number of carboxylic acids is 1. The van der Waals surface area contributed by atoms with Gasteiger partial charge in [-0.15, -0.1) is 0 Å². The first kappa shape index (κ1) is 15.8. The Kier molecular flexibility index (Phi) is 6.17. The summed E-state index contributed by atoms with van der Waals surface area (Å²) in [6.07, 6.45) is 0. The number of nitrogens with one attached hydrogen (secondary N) is 1. The van der Waals surface area contributed by atoms with Gasteiger partial charge in [0.2, 0.25) is 5.91 Å². The Morgan fingerprint density at radius 1 is 1.37 bits per heavy atom. The molecule has 0 fully saturated rings. The Balaban J connectivity index is 2.45. The monoisotopic (exact) mass is 347 g/mol. The summed E-state index contributed by atoms with van der Waals surface area (Å²) in [5.41, 5.74) is 0.608. The van der Waals surface area contributed by atoms with Crippen molar-refractivity contribution in [1.29, 1.82) is 0 Å². The minimum Gasteiger partial charge on any atom is -0.481 e. The summed E-state index contributed by atoms with van der Waals surface area (Å²) in [6, 6.07) is 6.98. The van der Waals surface area contributed by atoms with Crippen molar-refractivity contribution in [3.8, 4) is 0 Å². The van der Waals surface area contributed by atoms with Crippen LogP contribution in [0.1, 0.15) is 6.92 Å². The van der Waals surface area contributed by atoms with Crippen molar-refractivity contribution in [3.63, 3.8) is 0 Å². The van der Waals surface area contributed by atoms with E-state index in [1.807, 2.05) is 0 Å². The predicted molar refractivity (Wildman–Crippen MR) is 77.4 cm³/mol. The molecule has 2 unspecified atom stereocenters. The van der Waals surface area contributed by atoms with Crippen LogP contribution in [0.15, 0.2) is 28.7 Å². The summed E-state index contributed by atoms with van der Waals surface area (Å²) in [5.74, 6) is -2.35. The molecule has 1 aromatic carbocycles. The van der Waals surface area contributed by atoms with E-state index in [0.29, 0.717) is 5.69 Å². The van der Waals surface area contributed by atoms with Gasteiger partial charge in [-0.25, -0.2) is 0 Å². The van der Waals surface area contributed by atoms with E-state index in [1.165, 1.54) is 6.92 Å². The summed E-state index contributed by atoms with van der Waals surface area (Å²) in [5, 5.41) is 11.3. The lowest BCUT2D eigenvalue weighted by molar-refractivity contribution is -0.140. The molecule has 0 bridgehead atoms. The number of carbonyl (C=O) groups is 2. The second-order valence-electron chi connectivity index (χ2n) is 4.05. The fourth-order valence-electron chi connectivity index (χ4n) is 1.29. The van der Waals surface area contributed by atoms with E-state index < -0.39 is 28.6 Å². The molecule has 2 atom stereocenters. The molecule has 0 saturated carbocycles. The zero-order valence-electron chi connectivity index (χ0n) is 10.3. The molecular formula is C12H14BrNO4S. The number of carboxylic acid groups (broad SMARTS) is 1. The molecule has 0 heterocycles. The largest absolute Gasteiger partial charge is 0.481 e. The molecule has 0 saturated heterocycles. The molecule has 0 aliphatic heterocycles. The number of hydrogen-bond donors (Lipinski definition) is 2. The topological polar surface area (TPSA) is 83.5 Å². The Morgan fingerprint density at radius 3 is 2.47 bits per heavy atom. The van der Waals surface area contributed by atoms with Gasteiger partial charge in [0.1, 0.15) is 5.75 Å². The van der Waals surface area contributed by atoms with Crippen LogP contribution in [-0.2, 0) is 20.4 Å². The van der Waals surface area contributed by atoms with Crippen LogP contribution in [0.5, 0.6) is 0 Å². The van der Waals surface area contributed by atoms with Gasteiger partial charge in [-0.05, 0) is 24.3 Å². The highest BCUT2D eigenvalue weighted by molar-refractivity contribution is 9.10. The molecule has 0 aromatic heterocycles. The molecule has 0 spiro atoms. The maximum atomic E-state index is 11.6. The third-order valence-electron chi connectivity index (χ3n) is 2.28. The molecule has 19 heavy (non-hydrogen) atoms. The standard InChI is InChI=1S/C12H14BrNO4S/c1-8(12(16)17)6-19(18)7-11(15)14-10-4-2-9(13)3-5-10/h2-5,8H,6-7H2,1H3,(H,14,15)(H,16,17). The van der Waals surface area contributed by atoms with Crippen molar-refractivity contribution < 1.29 is 18.9 Å². The van der Waals surface area contributed by atoms with Crippen LogP contribution >= 0.6 is 15.9 Å². The molecule has 1 aromatic rings. The van der Waals surface area contributed by atoms with Gasteiger partial charge in [0.05, 0.1) is 5.92 Å². The predicted octanol–water partition coefficient (Wildman–Crippen LogP) is 1.86. The number of amides is 1. The quantitative estimate of drug-likeness (QED) is 0.822. The molecule has 7 heteroatoms. The Bertz CT molecular complexity index is 489. The number of aliphatic carboxylic acids is 1. The van der Waals surface area contributed by atoms with Crippen LogP contribution in [0.4, 0.5) is 5.69 Å². The number of hydrogen-bond acceptors (Lipinski definition) is 3. The first-order valence-corrected chi connectivity index (χ1v) is 7.80. The van der Waals surface area contributed by atoms with Crippen molar-refractivity contribution in [2.75, 3.05) is 16.8 Å². The highest BCUT2D eigenvalue weighted by Crippen LogP contribution is 2.14. The minimum absolute atomic E-state index is 0.0247. The summed E-state index contributed by atoms with van der Waals surface area (Å²) in [6.45, 7) is 1.47. The van der Waals surface area contributed by atoms with Crippen molar-refractivity contribution in [2.24, 2.45) is 5.92 Å². The molecule has 5 nitrogen and oxygen atoms in total. The zero-order chi connectivity index (χ0) is 14.4. The van der Waals surface area contributed by atoms with E-state index >= 15 is 0 Å². The summed E-state index contributed by atoms with van der Waals surface area (Å²) in [4.78, 5) is 22.2. The van der Waals surface area contributed by atoms with Crippen LogP contribution in [0.25, 0.3) is 0 Å². The molecule has 1 rings (SSSR count). The second-order valence-corrected chi connectivity index (χ2v) is 6.46. The first-order valence-electron chi connectivity index (χ1n) is 5.51. The highest BCUT2D eigenvalue weighted by Gasteiger charge is 2.16. The van der Waals surface area contributed by atoms with Crippen LogP contribution in [0.2, 0.25) is 0 Å². The molecule has 0 aliphatic rings. The van der Waals surface area contributed by atoms with E-state index in [1.54, 1.807) is 24.3 Å². The van der Waals surface area contributed by atoms with Gasteiger partial charge < -0.3 is 10.4 Å². The third-order valence-corrected chi connectivity index (χ3v) is 4.26. The van der Waals surface area contributed by atoms with E-state index in [0.717, 1.165) is 4.47 Å². The van der Waals surface area contributed by atoms with Crippen LogP contribution in [0, 0.1) is 5.92 Å². The summed E-state index contributed by atoms with van der Waals surface area (Å²) in [7, 11) is -1.48. The van der Waals surface area contributed by atoms with Gasteiger partial charge in [0.15, 0.2) is 0 Å². The fourth-order valence-corrected chi connectivity index (χ4v) is 2.73. The van der Waals surface area contributed by atoms with Crippen LogP contribution in [-0.4, -0.2) is 32.7 Å². The molecule has 1 amide bonds. The van der Waals surface area contributed by atoms with Crippen molar-refractivity contribution in [2.45, 2.75) is 6.92 Å². The molecule has 0 aliphatic carbocycles. The minimum atomic E-state index is -1.48. The Hall–Kier alpha value is -1.21. The maximum Gasteiger partial charge on any atom is 0.307 e. The van der Waals surface area contributed by atoms with Crippen molar-refractivity contribution >= 4 is 44.3 Å².